The normalized spacial score (nSPS) is 11.0. The third-order valence-electron chi connectivity index (χ3n) is 4.05. The highest BCUT2D eigenvalue weighted by molar-refractivity contribution is 5.89. The zero-order valence-electron chi connectivity index (χ0n) is 16.5. The number of benzene rings is 2. The Hall–Kier alpha value is -4.13. The molecule has 0 atom stereocenters. The van der Waals surface area contributed by atoms with E-state index in [1.807, 2.05) is 36.5 Å². The van der Waals surface area contributed by atoms with Crippen LogP contribution in [-0.2, 0) is 14.3 Å². The van der Waals surface area contributed by atoms with Gasteiger partial charge in [-0.2, -0.15) is 5.10 Å². The number of carbonyl (C=O) groups excluding carboxylic acids is 2. The van der Waals surface area contributed by atoms with Crippen LogP contribution in [0, 0.1) is 0 Å². The van der Waals surface area contributed by atoms with Crippen molar-refractivity contribution in [3.8, 4) is 17.2 Å². The number of hydrogen-bond donors (Lipinski definition) is 0. The number of hydrogen-bond acceptors (Lipinski definition) is 6. The fourth-order valence-electron chi connectivity index (χ4n) is 2.56. The second-order valence-corrected chi connectivity index (χ2v) is 6.08. The summed E-state index contributed by atoms with van der Waals surface area (Å²) in [5, 5.41) is 4.28. The Kier molecular flexibility index (Phi) is 6.78. The minimum atomic E-state index is -0.557. The summed E-state index contributed by atoms with van der Waals surface area (Å²) in [4.78, 5) is 23.4. The molecule has 0 bridgehead atoms. The number of esters is 2. The van der Waals surface area contributed by atoms with E-state index in [4.69, 9.17) is 9.47 Å². The third-order valence-corrected chi connectivity index (χ3v) is 4.05. The van der Waals surface area contributed by atoms with E-state index >= 15 is 0 Å². The van der Waals surface area contributed by atoms with Gasteiger partial charge in [-0.05, 0) is 42.0 Å². The number of carbonyl (C=O) groups is 2. The molecule has 3 rings (SSSR count). The van der Waals surface area contributed by atoms with Crippen LogP contribution in [-0.4, -0.2) is 35.9 Å². The lowest BCUT2D eigenvalue weighted by Gasteiger charge is -2.08. The number of nitrogens with zero attached hydrogens (tertiary/aromatic N) is 2. The van der Waals surface area contributed by atoms with E-state index in [2.05, 4.69) is 9.84 Å². The van der Waals surface area contributed by atoms with E-state index in [-0.39, 0.29) is 5.75 Å². The summed E-state index contributed by atoms with van der Waals surface area (Å²) in [5.74, 6) is -0.396. The first-order valence-corrected chi connectivity index (χ1v) is 9.03. The maximum absolute atomic E-state index is 12.2. The van der Waals surface area contributed by atoms with Gasteiger partial charge < -0.3 is 14.2 Å². The van der Waals surface area contributed by atoms with E-state index in [1.54, 1.807) is 41.2 Å². The van der Waals surface area contributed by atoms with Gasteiger partial charge in [0.1, 0.15) is 0 Å². The maximum Gasteiger partial charge on any atom is 0.336 e. The molecule has 0 amide bonds. The molecule has 0 fully saturated rings. The Morgan fingerprint density at radius 2 is 1.63 bits per heavy atom. The average molecular weight is 404 g/mol. The molecule has 2 aromatic carbocycles. The first-order chi connectivity index (χ1) is 14.6. The van der Waals surface area contributed by atoms with Crippen molar-refractivity contribution in [2.24, 2.45) is 0 Å². The number of ether oxygens (including phenoxy) is 3. The molecular formula is C23H20N2O5. The lowest BCUT2D eigenvalue weighted by atomic mass is 10.2. The molecule has 3 aromatic rings. The van der Waals surface area contributed by atoms with Gasteiger partial charge in [0.05, 0.1) is 26.1 Å². The van der Waals surface area contributed by atoms with Gasteiger partial charge in [0.15, 0.2) is 11.5 Å². The largest absolute Gasteiger partial charge is 0.493 e. The van der Waals surface area contributed by atoms with Gasteiger partial charge in [-0.15, -0.1) is 0 Å². The number of rotatable bonds is 7. The summed E-state index contributed by atoms with van der Waals surface area (Å²) in [7, 11) is 2.77. The molecule has 0 aliphatic rings. The van der Waals surface area contributed by atoms with Crippen molar-refractivity contribution < 1.29 is 23.8 Å². The van der Waals surface area contributed by atoms with Crippen molar-refractivity contribution >= 4 is 24.1 Å². The summed E-state index contributed by atoms with van der Waals surface area (Å²) >= 11 is 0. The Morgan fingerprint density at radius 3 is 2.37 bits per heavy atom. The minimum Gasteiger partial charge on any atom is -0.493 e. The number of para-hydroxylation sites is 1. The smallest absolute Gasteiger partial charge is 0.336 e. The molecule has 1 heterocycles. The third kappa shape index (κ3) is 5.45. The minimum absolute atomic E-state index is 0.266. The lowest BCUT2D eigenvalue weighted by Crippen LogP contribution is -2.05. The highest BCUT2D eigenvalue weighted by Crippen LogP contribution is 2.28. The van der Waals surface area contributed by atoms with Gasteiger partial charge in [0, 0.05) is 23.9 Å². The summed E-state index contributed by atoms with van der Waals surface area (Å²) in [5.41, 5.74) is 2.37. The van der Waals surface area contributed by atoms with Crippen LogP contribution in [0.3, 0.4) is 0 Å². The summed E-state index contributed by atoms with van der Waals surface area (Å²) in [6, 6.07) is 14.6. The highest BCUT2D eigenvalue weighted by Gasteiger charge is 2.09. The van der Waals surface area contributed by atoms with Crippen molar-refractivity contribution in [1.82, 2.24) is 9.78 Å². The molecule has 0 aliphatic heterocycles. The summed E-state index contributed by atoms with van der Waals surface area (Å²) in [6.45, 7) is 0. The van der Waals surface area contributed by atoms with Crippen molar-refractivity contribution in [3.05, 3.63) is 84.2 Å². The number of methoxy groups -OCH3 is 2. The quantitative estimate of drug-likeness (QED) is 0.340. The van der Waals surface area contributed by atoms with Crippen molar-refractivity contribution in [1.29, 1.82) is 0 Å². The van der Waals surface area contributed by atoms with Crippen LogP contribution >= 0.6 is 0 Å². The Morgan fingerprint density at radius 1 is 0.900 bits per heavy atom. The summed E-state index contributed by atoms with van der Waals surface area (Å²) < 4.78 is 16.9. The highest BCUT2D eigenvalue weighted by atomic mass is 16.6. The number of aromatic nitrogens is 2. The van der Waals surface area contributed by atoms with E-state index < -0.39 is 11.9 Å². The molecule has 152 valence electrons. The van der Waals surface area contributed by atoms with Gasteiger partial charge in [0.25, 0.3) is 0 Å². The van der Waals surface area contributed by atoms with Gasteiger partial charge in [0.2, 0.25) is 0 Å². The van der Waals surface area contributed by atoms with Gasteiger partial charge in [-0.1, -0.05) is 24.3 Å². The molecule has 0 spiro atoms. The topological polar surface area (TPSA) is 79.7 Å². The first-order valence-electron chi connectivity index (χ1n) is 9.03. The van der Waals surface area contributed by atoms with Crippen LogP contribution in [0.4, 0.5) is 0 Å². The molecule has 30 heavy (non-hydrogen) atoms. The van der Waals surface area contributed by atoms with E-state index in [9.17, 15) is 9.59 Å². The molecule has 0 saturated carbocycles. The average Bonchev–Trinajstić information content (AvgIpc) is 3.26. The van der Waals surface area contributed by atoms with Crippen molar-refractivity contribution in [3.63, 3.8) is 0 Å². The molecule has 0 unspecified atom stereocenters. The monoisotopic (exact) mass is 404 g/mol. The van der Waals surface area contributed by atoms with E-state index in [0.717, 1.165) is 11.3 Å². The first kappa shape index (κ1) is 20.6. The zero-order chi connectivity index (χ0) is 21.3. The molecular weight excluding hydrogens is 384 g/mol. The molecule has 0 aliphatic carbocycles. The second-order valence-electron chi connectivity index (χ2n) is 6.08. The Balaban J connectivity index is 1.66. The molecule has 7 nitrogen and oxygen atoms in total. The second kappa shape index (κ2) is 9.88. The molecule has 0 N–H and O–H groups in total. The fourth-order valence-corrected chi connectivity index (χ4v) is 2.56. The van der Waals surface area contributed by atoms with Gasteiger partial charge in [-0.25, -0.2) is 14.3 Å². The van der Waals surface area contributed by atoms with Crippen LogP contribution in [0.1, 0.15) is 11.1 Å². The fraction of sp³-hybridized carbons (Fsp3) is 0.0870. The Labute approximate surface area is 173 Å². The SMILES string of the molecule is COC(=O)/C=C/c1ccc(OC(=O)/C=C/c2cnn(-c3ccccc3)c2)c(OC)c1. The van der Waals surface area contributed by atoms with Crippen LogP contribution in [0.2, 0.25) is 0 Å². The van der Waals surface area contributed by atoms with Crippen molar-refractivity contribution in [2.75, 3.05) is 14.2 Å². The lowest BCUT2D eigenvalue weighted by molar-refractivity contribution is -0.134. The van der Waals surface area contributed by atoms with Gasteiger partial charge >= 0.3 is 11.9 Å². The maximum atomic E-state index is 12.2. The van der Waals surface area contributed by atoms with Crippen LogP contribution in [0.15, 0.2) is 73.1 Å². The molecule has 7 heteroatoms. The summed E-state index contributed by atoms with van der Waals surface area (Å²) in [6.07, 6.45) is 9.26. The van der Waals surface area contributed by atoms with E-state index in [1.165, 1.54) is 26.4 Å². The zero-order valence-corrected chi connectivity index (χ0v) is 16.5. The van der Waals surface area contributed by atoms with Crippen LogP contribution in [0.5, 0.6) is 11.5 Å². The standard InChI is InChI=1S/C23H20N2O5/c1-28-21-14-17(9-12-22(26)29-2)8-11-20(21)30-23(27)13-10-18-15-24-25(16-18)19-6-4-3-5-7-19/h3-16H,1-2H3/b12-9+,13-10+. The van der Waals surface area contributed by atoms with Crippen LogP contribution in [0.25, 0.3) is 17.8 Å². The van der Waals surface area contributed by atoms with Crippen molar-refractivity contribution in [2.45, 2.75) is 0 Å². The Bertz CT molecular complexity index is 1080. The molecule has 1 aromatic heterocycles. The molecule has 0 radical (unpaired) electrons. The van der Waals surface area contributed by atoms with Gasteiger partial charge in [-0.3, -0.25) is 0 Å². The predicted octanol–water partition coefficient (Wildman–Crippen LogP) is 3.69. The van der Waals surface area contributed by atoms with Crippen LogP contribution < -0.4 is 9.47 Å². The predicted molar refractivity (Wildman–Crippen MR) is 112 cm³/mol. The van der Waals surface area contributed by atoms with E-state index in [0.29, 0.717) is 11.3 Å². The molecule has 0 saturated heterocycles.